The number of nitrogen functional groups attached to an aromatic ring is 1. The van der Waals surface area contributed by atoms with Crippen LogP contribution in [-0.2, 0) is 0 Å². The van der Waals surface area contributed by atoms with Gasteiger partial charge in [0.2, 0.25) is 0 Å². The van der Waals surface area contributed by atoms with Gasteiger partial charge in [0.25, 0.3) is 0 Å². The molecular formula is C14H21N3. The number of nitrogens with one attached hydrogen (secondary N) is 1. The van der Waals surface area contributed by atoms with E-state index in [-0.39, 0.29) is 0 Å². The lowest BCUT2D eigenvalue weighted by molar-refractivity contribution is 0.528. The number of nitrogens with two attached hydrogens (primary N) is 1. The first kappa shape index (κ1) is 13.4. The Morgan fingerprint density at radius 1 is 1.29 bits per heavy atom. The predicted molar refractivity (Wildman–Crippen MR) is 72.7 cm³/mol. The zero-order valence-electron chi connectivity index (χ0n) is 10.8. The molecule has 1 unspecified atom stereocenters. The zero-order valence-corrected chi connectivity index (χ0v) is 10.8. The van der Waals surface area contributed by atoms with E-state index in [1.54, 1.807) is 12.1 Å². The number of anilines is 2. The molecule has 0 amide bonds. The minimum Gasteiger partial charge on any atom is -0.397 e. The van der Waals surface area contributed by atoms with Gasteiger partial charge in [0.05, 0.1) is 23.0 Å². The van der Waals surface area contributed by atoms with E-state index >= 15 is 0 Å². The van der Waals surface area contributed by atoms with Crippen LogP contribution in [0, 0.1) is 17.2 Å². The lowest BCUT2D eigenvalue weighted by Gasteiger charge is -2.17. The lowest BCUT2D eigenvalue weighted by Crippen LogP contribution is -2.16. The second-order valence-corrected chi connectivity index (χ2v) is 4.93. The van der Waals surface area contributed by atoms with Crippen molar-refractivity contribution in [3.8, 4) is 6.07 Å². The monoisotopic (exact) mass is 231 g/mol. The van der Waals surface area contributed by atoms with Crippen LogP contribution in [0.3, 0.4) is 0 Å². The molecule has 0 aliphatic rings. The van der Waals surface area contributed by atoms with Crippen molar-refractivity contribution in [2.45, 2.75) is 39.7 Å². The first-order valence-electron chi connectivity index (χ1n) is 6.09. The Labute approximate surface area is 104 Å². The minimum atomic E-state index is 0.396. The number of hydrogen-bond donors (Lipinski definition) is 2. The van der Waals surface area contributed by atoms with Gasteiger partial charge in [-0.2, -0.15) is 5.26 Å². The topological polar surface area (TPSA) is 61.8 Å². The van der Waals surface area contributed by atoms with Crippen molar-refractivity contribution in [1.29, 1.82) is 5.26 Å². The van der Waals surface area contributed by atoms with Gasteiger partial charge in [-0.3, -0.25) is 0 Å². The maximum Gasteiger partial charge on any atom is 0.0992 e. The van der Waals surface area contributed by atoms with E-state index in [0.717, 1.165) is 18.0 Å². The Hall–Kier alpha value is -1.69. The maximum atomic E-state index is 8.75. The summed E-state index contributed by atoms with van der Waals surface area (Å²) >= 11 is 0. The van der Waals surface area contributed by atoms with Gasteiger partial charge in [0.15, 0.2) is 0 Å². The van der Waals surface area contributed by atoms with Gasteiger partial charge >= 0.3 is 0 Å². The van der Waals surface area contributed by atoms with Gasteiger partial charge in [-0.1, -0.05) is 13.8 Å². The van der Waals surface area contributed by atoms with Crippen molar-refractivity contribution in [1.82, 2.24) is 0 Å². The van der Waals surface area contributed by atoms with Crippen LogP contribution in [0.4, 0.5) is 11.4 Å². The lowest BCUT2D eigenvalue weighted by atomic mass is 10.0. The smallest absolute Gasteiger partial charge is 0.0992 e. The summed E-state index contributed by atoms with van der Waals surface area (Å²) in [6.45, 7) is 6.60. The Morgan fingerprint density at radius 2 is 2.00 bits per heavy atom. The van der Waals surface area contributed by atoms with Gasteiger partial charge in [0.1, 0.15) is 0 Å². The van der Waals surface area contributed by atoms with E-state index in [1.165, 1.54) is 6.42 Å². The normalized spacial score (nSPS) is 12.2. The summed E-state index contributed by atoms with van der Waals surface area (Å²) in [5, 5.41) is 12.1. The fourth-order valence-corrected chi connectivity index (χ4v) is 1.68. The predicted octanol–water partition coefficient (Wildman–Crippen LogP) is 3.38. The summed E-state index contributed by atoms with van der Waals surface area (Å²) in [6.07, 6.45) is 2.32. The largest absolute Gasteiger partial charge is 0.397 e. The number of rotatable bonds is 5. The quantitative estimate of drug-likeness (QED) is 0.764. The molecule has 1 rings (SSSR count). The minimum absolute atomic E-state index is 0.396. The molecule has 0 aliphatic carbocycles. The molecule has 1 aromatic carbocycles. The number of benzene rings is 1. The molecule has 0 aromatic heterocycles. The van der Waals surface area contributed by atoms with Gasteiger partial charge < -0.3 is 11.1 Å². The molecule has 1 aromatic rings. The highest BCUT2D eigenvalue weighted by molar-refractivity contribution is 5.68. The molecule has 3 N–H and O–H groups in total. The molecule has 0 aliphatic heterocycles. The summed E-state index contributed by atoms with van der Waals surface area (Å²) in [5.74, 6) is 0.720. The molecule has 0 spiro atoms. The highest BCUT2D eigenvalue weighted by Gasteiger charge is 2.06. The Bertz CT molecular complexity index is 404. The fourth-order valence-electron chi connectivity index (χ4n) is 1.68. The molecule has 3 nitrogen and oxygen atoms in total. The Balaban J connectivity index is 2.60. The summed E-state index contributed by atoms with van der Waals surface area (Å²) in [7, 11) is 0. The summed E-state index contributed by atoms with van der Waals surface area (Å²) in [6, 6.07) is 7.84. The highest BCUT2D eigenvalue weighted by Crippen LogP contribution is 2.21. The van der Waals surface area contributed by atoms with Crippen molar-refractivity contribution in [2.75, 3.05) is 11.1 Å². The van der Waals surface area contributed by atoms with Crippen LogP contribution < -0.4 is 11.1 Å². The van der Waals surface area contributed by atoms with Gasteiger partial charge in [-0.05, 0) is 43.9 Å². The fraction of sp³-hybridized carbons (Fsp3) is 0.500. The first-order chi connectivity index (χ1) is 8.02. The Morgan fingerprint density at radius 3 is 2.53 bits per heavy atom. The highest BCUT2D eigenvalue weighted by atomic mass is 14.9. The van der Waals surface area contributed by atoms with Crippen molar-refractivity contribution in [3.05, 3.63) is 23.8 Å². The average Bonchev–Trinajstić information content (AvgIpc) is 2.29. The van der Waals surface area contributed by atoms with E-state index in [4.69, 9.17) is 11.0 Å². The number of hydrogen-bond acceptors (Lipinski definition) is 3. The maximum absolute atomic E-state index is 8.75. The second kappa shape index (κ2) is 6.15. The zero-order chi connectivity index (χ0) is 12.8. The summed E-state index contributed by atoms with van der Waals surface area (Å²) < 4.78 is 0. The summed E-state index contributed by atoms with van der Waals surface area (Å²) in [5.41, 5.74) is 8.04. The van der Waals surface area contributed by atoms with E-state index in [1.807, 2.05) is 6.07 Å². The van der Waals surface area contributed by atoms with Crippen LogP contribution >= 0.6 is 0 Å². The van der Waals surface area contributed by atoms with Crippen molar-refractivity contribution < 1.29 is 0 Å². The van der Waals surface area contributed by atoms with E-state index in [9.17, 15) is 0 Å². The molecule has 0 fully saturated rings. The Kier molecular flexibility index (Phi) is 4.84. The van der Waals surface area contributed by atoms with Crippen LogP contribution in [0.5, 0.6) is 0 Å². The molecule has 0 radical (unpaired) electrons. The number of nitrogens with zero attached hydrogens (tertiary/aromatic N) is 1. The first-order valence-corrected chi connectivity index (χ1v) is 6.09. The van der Waals surface area contributed by atoms with Crippen LogP contribution in [0.15, 0.2) is 18.2 Å². The summed E-state index contributed by atoms with van der Waals surface area (Å²) in [4.78, 5) is 0. The SMILES string of the molecule is CC(C)CCC(C)Nc1ccc(C#N)cc1N. The van der Waals surface area contributed by atoms with Crippen molar-refractivity contribution in [2.24, 2.45) is 5.92 Å². The van der Waals surface area contributed by atoms with Crippen LogP contribution in [0.25, 0.3) is 0 Å². The molecule has 17 heavy (non-hydrogen) atoms. The van der Waals surface area contributed by atoms with Crippen molar-refractivity contribution in [3.63, 3.8) is 0 Å². The second-order valence-electron chi connectivity index (χ2n) is 4.93. The average molecular weight is 231 g/mol. The van der Waals surface area contributed by atoms with Crippen LogP contribution in [0.1, 0.15) is 39.2 Å². The molecule has 1 atom stereocenters. The third-order valence-corrected chi connectivity index (χ3v) is 2.76. The third kappa shape index (κ3) is 4.36. The standard InChI is InChI=1S/C14H21N3/c1-10(2)4-5-11(3)17-14-7-6-12(9-15)8-13(14)16/h6-8,10-11,17H,4-5,16H2,1-3H3. The third-order valence-electron chi connectivity index (χ3n) is 2.76. The van der Waals surface area contributed by atoms with E-state index in [2.05, 4.69) is 32.2 Å². The molecule has 92 valence electrons. The molecule has 3 heteroatoms. The van der Waals surface area contributed by atoms with Crippen molar-refractivity contribution >= 4 is 11.4 Å². The van der Waals surface area contributed by atoms with E-state index in [0.29, 0.717) is 17.3 Å². The van der Waals surface area contributed by atoms with Gasteiger partial charge in [-0.15, -0.1) is 0 Å². The van der Waals surface area contributed by atoms with E-state index < -0.39 is 0 Å². The molecule has 0 saturated heterocycles. The molecular weight excluding hydrogens is 210 g/mol. The van der Waals surface area contributed by atoms with Gasteiger partial charge in [-0.25, -0.2) is 0 Å². The number of nitriles is 1. The van der Waals surface area contributed by atoms with Crippen LogP contribution in [-0.4, -0.2) is 6.04 Å². The van der Waals surface area contributed by atoms with Crippen LogP contribution in [0.2, 0.25) is 0 Å². The van der Waals surface area contributed by atoms with Gasteiger partial charge in [0, 0.05) is 6.04 Å². The molecule has 0 saturated carbocycles. The molecule has 0 bridgehead atoms. The molecule has 0 heterocycles.